The number of para-hydroxylation sites is 1. The molecule has 3 aromatic carbocycles. The van der Waals surface area contributed by atoms with E-state index in [9.17, 15) is 0 Å². The summed E-state index contributed by atoms with van der Waals surface area (Å²) in [4.78, 5) is 0. The van der Waals surface area contributed by atoms with Crippen LogP contribution in [-0.2, 0) is 13.1 Å². The first-order chi connectivity index (χ1) is 12.4. The zero-order valence-electron chi connectivity index (χ0n) is 14.2. The molecule has 0 saturated carbocycles. The maximum atomic E-state index is 5.71. The van der Waals surface area contributed by atoms with Crippen molar-refractivity contribution in [3.05, 3.63) is 96.1 Å². The van der Waals surface area contributed by atoms with Crippen LogP contribution in [-0.4, -0.2) is 13.2 Å². The van der Waals surface area contributed by atoms with E-state index in [0.717, 1.165) is 24.6 Å². The van der Waals surface area contributed by atoms with E-state index in [1.807, 2.05) is 48.5 Å². The minimum atomic E-state index is 0.528. The molecule has 0 amide bonds. The fourth-order valence-corrected chi connectivity index (χ4v) is 2.49. The van der Waals surface area contributed by atoms with Crippen molar-refractivity contribution in [2.75, 3.05) is 13.2 Å². The lowest BCUT2D eigenvalue weighted by Crippen LogP contribution is -2.12. The Bertz CT molecular complexity index is 727. The van der Waals surface area contributed by atoms with Crippen LogP contribution in [0.5, 0.6) is 11.5 Å². The van der Waals surface area contributed by atoms with Crippen molar-refractivity contribution in [1.29, 1.82) is 0 Å². The quantitative estimate of drug-likeness (QED) is 0.588. The Balaban J connectivity index is 1.35. The molecule has 3 nitrogen and oxygen atoms in total. The molecule has 0 aromatic heterocycles. The number of benzene rings is 3. The second kappa shape index (κ2) is 9.50. The molecular formula is C22H23NO2. The topological polar surface area (TPSA) is 30.5 Å². The van der Waals surface area contributed by atoms with Crippen molar-refractivity contribution in [1.82, 2.24) is 5.32 Å². The minimum absolute atomic E-state index is 0.528. The molecule has 0 atom stereocenters. The van der Waals surface area contributed by atoms with E-state index in [4.69, 9.17) is 9.47 Å². The summed E-state index contributed by atoms with van der Waals surface area (Å²) < 4.78 is 11.3. The van der Waals surface area contributed by atoms with Crippen molar-refractivity contribution in [3.8, 4) is 11.5 Å². The Morgan fingerprint density at radius 1 is 0.520 bits per heavy atom. The van der Waals surface area contributed by atoms with Crippen LogP contribution in [0.3, 0.4) is 0 Å². The highest BCUT2D eigenvalue weighted by atomic mass is 16.5. The van der Waals surface area contributed by atoms with E-state index >= 15 is 0 Å². The SMILES string of the molecule is c1ccc(CNCc2ccc(OCCOc3ccccc3)cc2)cc1. The lowest BCUT2D eigenvalue weighted by Gasteiger charge is -2.09. The minimum Gasteiger partial charge on any atom is -0.490 e. The van der Waals surface area contributed by atoms with Gasteiger partial charge in [-0.3, -0.25) is 0 Å². The average molecular weight is 333 g/mol. The van der Waals surface area contributed by atoms with Crippen LogP contribution in [0.25, 0.3) is 0 Å². The largest absolute Gasteiger partial charge is 0.490 e. The van der Waals surface area contributed by atoms with Gasteiger partial charge in [0, 0.05) is 13.1 Å². The van der Waals surface area contributed by atoms with E-state index in [-0.39, 0.29) is 0 Å². The third-order valence-electron chi connectivity index (χ3n) is 3.79. The Morgan fingerprint density at radius 2 is 1.00 bits per heavy atom. The van der Waals surface area contributed by atoms with Gasteiger partial charge in [-0.2, -0.15) is 0 Å². The van der Waals surface area contributed by atoms with Crippen LogP contribution in [0.15, 0.2) is 84.9 Å². The summed E-state index contributed by atoms with van der Waals surface area (Å²) >= 11 is 0. The lowest BCUT2D eigenvalue weighted by atomic mass is 10.2. The van der Waals surface area contributed by atoms with Crippen LogP contribution < -0.4 is 14.8 Å². The fraction of sp³-hybridized carbons (Fsp3) is 0.182. The third-order valence-corrected chi connectivity index (χ3v) is 3.79. The number of nitrogens with one attached hydrogen (secondary N) is 1. The first-order valence-electron chi connectivity index (χ1n) is 8.54. The molecule has 0 aliphatic rings. The molecule has 0 spiro atoms. The van der Waals surface area contributed by atoms with Gasteiger partial charge in [0.25, 0.3) is 0 Å². The molecule has 0 radical (unpaired) electrons. The molecular weight excluding hydrogens is 310 g/mol. The summed E-state index contributed by atoms with van der Waals surface area (Å²) in [6.07, 6.45) is 0. The molecule has 0 fully saturated rings. The van der Waals surface area contributed by atoms with Gasteiger partial charge in [0.1, 0.15) is 24.7 Å². The number of hydrogen-bond donors (Lipinski definition) is 1. The summed E-state index contributed by atoms with van der Waals surface area (Å²) in [5.41, 5.74) is 2.53. The van der Waals surface area contributed by atoms with Gasteiger partial charge in [0.2, 0.25) is 0 Å². The van der Waals surface area contributed by atoms with Gasteiger partial charge in [0.15, 0.2) is 0 Å². The highest BCUT2D eigenvalue weighted by Crippen LogP contribution is 2.13. The van der Waals surface area contributed by atoms with Crippen LogP contribution >= 0.6 is 0 Å². The molecule has 3 aromatic rings. The van der Waals surface area contributed by atoms with Crippen LogP contribution in [0.2, 0.25) is 0 Å². The van der Waals surface area contributed by atoms with Crippen molar-refractivity contribution in [3.63, 3.8) is 0 Å². The molecule has 3 heteroatoms. The zero-order valence-corrected chi connectivity index (χ0v) is 14.2. The molecule has 1 N–H and O–H groups in total. The second-order valence-corrected chi connectivity index (χ2v) is 5.74. The van der Waals surface area contributed by atoms with Crippen molar-refractivity contribution < 1.29 is 9.47 Å². The Labute approximate surface area is 149 Å². The maximum absolute atomic E-state index is 5.71. The predicted molar refractivity (Wildman–Crippen MR) is 101 cm³/mol. The Morgan fingerprint density at radius 3 is 1.60 bits per heavy atom. The molecule has 0 bridgehead atoms. The Kier molecular flexibility index (Phi) is 6.48. The van der Waals surface area contributed by atoms with E-state index in [0.29, 0.717) is 13.2 Å². The van der Waals surface area contributed by atoms with Crippen molar-refractivity contribution in [2.24, 2.45) is 0 Å². The first kappa shape index (κ1) is 17.1. The van der Waals surface area contributed by atoms with Gasteiger partial charge in [0.05, 0.1) is 0 Å². The standard InChI is InChI=1S/C22H23NO2/c1-3-7-19(8-4-1)17-23-18-20-11-13-22(14-12-20)25-16-15-24-21-9-5-2-6-10-21/h1-14,23H,15-18H2. The second-order valence-electron chi connectivity index (χ2n) is 5.74. The van der Waals surface area contributed by atoms with E-state index in [1.165, 1.54) is 11.1 Å². The predicted octanol–water partition coefficient (Wildman–Crippen LogP) is 4.43. The molecule has 0 saturated heterocycles. The van der Waals surface area contributed by atoms with E-state index in [1.54, 1.807) is 0 Å². The van der Waals surface area contributed by atoms with Gasteiger partial charge < -0.3 is 14.8 Å². The van der Waals surface area contributed by atoms with Gasteiger partial charge in [-0.05, 0) is 35.4 Å². The van der Waals surface area contributed by atoms with Crippen molar-refractivity contribution >= 4 is 0 Å². The smallest absolute Gasteiger partial charge is 0.122 e. The van der Waals surface area contributed by atoms with Gasteiger partial charge in [-0.1, -0.05) is 60.7 Å². The monoisotopic (exact) mass is 333 g/mol. The molecule has 128 valence electrons. The molecule has 0 aliphatic heterocycles. The van der Waals surface area contributed by atoms with Crippen molar-refractivity contribution in [2.45, 2.75) is 13.1 Å². The zero-order chi connectivity index (χ0) is 17.2. The van der Waals surface area contributed by atoms with Crippen LogP contribution in [0.1, 0.15) is 11.1 Å². The lowest BCUT2D eigenvalue weighted by molar-refractivity contribution is 0.217. The summed E-state index contributed by atoms with van der Waals surface area (Å²) in [5.74, 6) is 1.73. The van der Waals surface area contributed by atoms with Gasteiger partial charge >= 0.3 is 0 Å². The number of ether oxygens (including phenoxy) is 2. The summed E-state index contributed by atoms with van der Waals surface area (Å²) in [6, 6.07) is 28.4. The summed E-state index contributed by atoms with van der Waals surface area (Å²) in [5, 5.41) is 3.45. The third kappa shape index (κ3) is 5.98. The van der Waals surface area contributed by atoms with Gasteiger partial charge in [-0.25, -0.2) is 0 Å². The highest BCUT2D eigenvalue weighted by molar-refractivity contribution is 5.27. The van der Waals surface area contributed by atoms with Gasteiger partial charge in [-0.15, -0.1) is 0 Å². The number of rotatable bonds is 9. The van der Waals surface area contributed by atoms with Crippen LogP contribution in [0.4, 0.5) is 0 Å². The molecule has 0 aliphatic carbocycles. The Hall–Kier alpha value is -2.78. The summed E-state index contributed by atoms with van der Waals surface area (Å²) in [6.45, 7) is 2.77. The first-order valence-corrected chi connectivity index (χ1v) is 8.54. The van der Waals surface area contributed by atoms with E-state index < -0.39 is 0 Å². The number of hydrogen-bond acceptors (Lipinski definition) is 3. The highest BCUT2D eigenvalue weighted by Gasteiger charge is 1.98. The molecule has 0 heterocycles. The molecule has 3 rings (SSSR count). The maximum Gasteiger partial charge on any atom is 0.122 e. The van der Waals surface area contributed by atoms with Crippen LogP contribution in [0, 0.1) is 0 Å². The van der Waals surface area contributed by atoms with E-state index in [2.05, 4.69) is 41.7 Å². The molecule has 0 unspecified atom stereocenters. The summed E-state index contributed by atoms with van der Waals surface area (Å²) in [7, 11) is 0. The molecule has 25 heavy (non-hydrogen) atoms. The average Bonchev–Trinajstić information content (AvgIpc) is 2.68. The normalized spacial score (nSPS) is 10.4. The fourth-order valence-electron chi connectivity index (χ4n) is 2.49.